The van der Waals surface area contributed by atoms with E-state index in [0.717, 1.165) is 11.6 Å². The van der Waals surface area contributed by atoms with E-state index in [4.69, 9.17) is 0 Å². The Kier molecular flexibility index (Phi) is 5.75. The predicted octanol–water partition coefficient (Wildman–Crippen LogP) is 4.55. The predicted molar refractivity (Wildman–Crippen MR) is 106 cm³/mol. The smallest absolute Gasteiger partial charge is 0.299 e. The van der Waals surface area contributed by atoms with Gasteiger partial charge in [0.25, 0.3) is 11.4 Å². The van der Waals surface area contributed by atoms with Gasteiger partial charge in [0.15, 0.2) is 0 Å². The van der Waals surface area contributed by atoms with E-state index < -0.39 is 26.3 Å². The Morgan fingerprint density at radius 1 is 0.857 bits per heavy atom. The maximum atomic E-state index is 12.5. The first-order valence-corrected chi connectivity index (χ1v) is 9.48. The Hall–Kier alpha value is -3.59. The van der Waals surface area contributed by atoms with Crippen molar-refractivity contribution >= 4 is 33.5 Å². The highest BCUT2D eigenvalue weighted by Crippen LogP contribution is 2.31. The first-order chi connectivity index (χ1) is 13.4. The first kappa shape index (κ1) is 19.2. The summed E-state index contributed by atoms with van der Waals surface area (Å²) in [4.78, 5) is 21.5. The van der Waals surface area contributed by atoms with Crippen molar-refractivity contribution in [1.82, 2.24) is 0 Å². The summed E-state index contributed by atoms with van der Waals surface area (Å²) in [7, 11) is -1.22. The molecule has 0 aliphatic carbocycles. The van der Waals surface area contributed by atoms with Crippen LogP contribution in [0.15, 0.2) is 77.7 Å². The number of nitro groups is 2. The molecular formula is C19H15N3O5S. The molecule has 0 aliphatic rings. The summed E-state index contributed by atoms with van der Waals surface area (Å²) in [6.07, 6.45) is 0. The normalized spacial score (nSPS) is 11.6. The molecular weight excluding hydrogens is 382 g/mol. The third kappa shape index (κ3) is 4.57. The summed E-state index contributed by atoms with van der Waals surface area (Å²) < 4.78 is 12.5. The minimum atomic E-state index is -1.22. The standard InChI is InChI=1S/C19H15N3O5S/c23-21(24)16-9-10-18(19(12-16)22(25)26)20-15-6-4-5-14(11-15)13-28(27)17-7-2-1-3-8-17/h1-12,20H,13H2. The van der Waals surface area contributed by atoms with Crippen molar-refractivity contribution in [2.45, 2.75) is 10.6 Å². The number of nitrogens with zero attached hydrogens (tertiary/aromatic N) is 2. The Balaban J connectivity index is 1.82. The minimum absolute atomic E-state index is 0.136. The van der Waals surface area contributed by atoms with Gasteiger partial charge in [-0.1, -0.05) is 30.3 Å². The first-order valence-electron chi connectivity index (χ1n) is 8.16. The molecule has 0 aliphatic heterocycles. The minimum Gasteiger partial charge on any atom is -0.350 e. The van der Waals surface area contributed by atoms with Crippen molar-refractivity contribution < 1.29 is 14.1 Å². The zero-order chi connectivity index (χ0) is 20.1. The average molecular weight is 397 g/mol. The van der Waals surface area contributed by atoms with Gasteiger partial charge in [-0.3, -0.25) is 24.4 Å². The molecule has 1 unspecified atom stereocenters. The van der Waals surface area contributed by atoms with E-state index in [1.54, 1.807) is 30.3 Å². The van der Waals surface area contributed by atoms with Gasteiger partial charge in [0.1, 0.15) is 5.69 Å². The second-order valence-electron chi connectivity index (χ2n) is 5.84. The van der Waals surface area contributed by atoms with Crippen molar-refractivity contribution in [3.8, 4) is 0 Å². The van der Waals surface area contributed by atoms with Crippen LogP contribution in [0.1, 0.15) is 5.56 Å². The average Bonchev–Trinajstić information content (AvgIpc) is 2.69. The van der Waals surface area contributed by atoms with Gasteiger partial charge in [-0.05, 0) is 35.9 Å². The van der Waals surface area contributed by atoms with Crippen molar-refractivity contribution in [1.29, 1.82) is 0 Å². The molecule has 0 radical (unpaired) electrons. The van der Waals surface area contributed by atoms with E-state index in [2.05, 4.69) is 5.32 Å². The second kappa shape index (κ2) is 8.40. The van der Waals surface area contributed by atoms with Gasteiger partial charge in [0.05, 0.1) is 32.5 Å². The SMILES string of the molecule is O=[N+]([O-])c1ccc(Nc2cccc(CS(=O)c3ccccc3)c2)c([N+](=O)[O-])c1. The van der Waals surface area contributed by atoms with Crippen molar-refractivity contribution in [2.24, 2.45) is 0 Å². The van der Waals surface area contributed by atoms with E-state index in [0.29, 0.717) is 16.3 Å². The van der Waals surface area contributed by atoms with Crippen LogP contribution in [0.3, 0.4) is 0 Å². The number of nitrogens with one attached hydrogen (secondary N) is 1. The molecule has 1 atom stereocenters. The lowest BCUT2D eigenvalue weighted by atomic mass is 10.2. The molecule has 0 spiro atoms. The van der Waals surface area contributed by atoms with Crippen molar-refractivity contribution in [2.75, 3.05) is 5.32 Å². The monoisotopic (exact) mass is 397 g/mol. The fourth-order valence-corrected chi connectivity index (χ4v) is 3.70. The lowest BCUT2D eigenvalue weighted by molar-refractivity contribution is -0.393. The molecule has 9 heteroatoms. The van der Waals surface area contributed by atoms with E-state index in [9.17, 15) is 24.4 Å². The van der Waals surface area contributed by atoms with Gasteiger partial charge in [-0.15, -0.1) is 0 Å². The maximum Gasteiger partial charge on any atom is 0.299 e. The van der Waals surface area contributed by atoms with E-state index in [-0.39, 0.29) is 11.4 Å². The van der Waals surface area contributed by atoms with Crippen LogP contribution in [0.2, 0.25) is 0 Å². The summed E-state index contributed by atoms with van der Waals surface area (Å²) in [6.45, 7) is 0. The third-order valence-electron chi connectivity index (χ3n) is 3.90. The van der Waals surface area contributed by atoms with Crippen molar-refractivity contribution in [3.63, 3.8) is 0 Å². The Morgan fingerprint density at radius 3 is 2.29 bits per heavy atom. The Labute approximate surface area is 162 Å². The van der Waals surface area contributed by atoms with Crippen LogP contribution < -0.4 is 5.32 Å². The molecule has 3 aromatic rings. The summed E-state index contributed by atoms with van der Waals surface area (Å²) in [6, 6.07) is 19.5. The highest BCUT2D eigenvalue weighted by Gasteiger charge is 2.19. The Morgan fingerprint density at radius 2 is 1.61 bits per heavy atom. The van der Waals surface area contributed by atoms with Crippen LogP contribution >= 0.6 is 0 Å². The molecule has 1 N–H and O–H groups in total. The molecule has 3 rings (SSSR count). The van der Waals surface area contributed by atoms with E-state index >= 15 is 0 Å². The molecule has 8 nitrogen and oxygen atoms in total. The molecule has 0 aromatic heterocycles. The fraction of sp³-hybridized carbons (Fsp3) is 0.0526. The fourth-order valence-electron chi connectivity index (χ4n) is 2.59. The van der Waals surface area contributed by atoms with Crippen LogP contribution in [0, 0.1) is 20.2 Å². The largest absolute Gasteiger partial charge is 0.350 e. The second-order valence-corrected chi connectivity index (χ2v) is 7.30. The number of anilines is 2. The van der Waals surface area contributed by atoms with Crippen LogP contribution in [0.5, 0.6) is 0 Å². The van der Waals surface area contributed by atoms with Gasteiger partial charge in [0, 0.05) is 16.6 Å². The molecule has 0 heterocycles. The van der Waals surface area contributed by atoms with Crippen LogP contribution in [0.25, 0.3) is 0 Å². The van der Waals surface area contributed by atoms with Gasteiger partial charge in [-0.25, -0.2) is 0 Å². The van der Waals surface area contributed by atoms with E-state index in [1.165, 1.54) is 12.1 Å². The molecule has 0 fully saturated rings. The molecule has 0 saturated heterocycles. The van der Waals surface area contributed by atoms with Crippen LogP contribution in [-0.2, 0) is 16.6 Å². The van der Waals surface area contributed by atoms with E-state index in [1.807, 2.05) is 24.3 Å². The van der Waals surface area contributed by atoms with Gasteiger partial charge in [0.2, 0.25) is 0 Å². The quantitative estimate of drug-likeness (QED) is 0.462. The van der Waals surface area contributed by atoms with Crippen LogP contribution in [0.4, 0.5) is 22.7 Å². The lowest BCUT2D eigenvalue weighted by Gasteiger charge is -2.09. The van der Waals surface area contributed by atoms with Crippen LogP contribution in [-0.4, -0.2) is 14.1 Å². The topological polar surface area (TPSA) is 115 Å². The number of nitro benzene ring substituents is 2. The molecule has 28 heavy (non-hydrogen) atoms. The summed E-state index contributed by atoms with van der Waals surface area (Å²) in [5.74, 6) is 0.294. The molecule has 3 aromatic carbocycles. The van der Waals surface area contributed by atoms with Gasteiger partial charge < -0.3 is 5.32 Å². The number of hydrogen-bond donors (Lipinski definition) is 1. The summed E-state index contributed by atoms with van der Waals surface area (Å²) >= 11 is 0. The number of benzene rings is 3. The molecule has 0 saturated carbocycles. The maximum absolute atomic E-state index is 12.5. The Bertz CT molecular complexity index is 1060. The lowest BCUT2D eigenvalue weighted by Crippen LogP contribution is -2.00. The van der Waals surface area contributed by atoms with Gasteiger partial charge >= 0.3 is 0 Å². The molecule has 0 amide bonds. The highest BCUT2D eigenvalue weighted by atomic mass is 32.2. The number of non-ortho nitro benzene ring substituents is 1. The molecule has 0 bridgehead atoms. The third-order valence-corrected chi connectivity index (χ3v) is 5.29. The molecule has 142 valence electrons. The number of hydrogen-bond acceptors (Lipinski definition) is 6. The zero-order valence-corrected chi connectivity index (χ0v) is 15.3. The van der Waals surface area contributed by atoms with Gasteiger partial charge in [-0.2, -0.15) is 0 Å². The summed E-state index contributed by atoms with van der Waals surface area (Å²) in [5, 5.41) is 25.0. The van der Waals surface area contributed by atoms with Crippen molar-refractivity contribution in [3.05, 3.63) is 98.6 Å². The number of rotatable bonds is 7. The highest BCUT2D eigenvalue weighted by molar-refractivity contribution is 7.84. The zero-order valence-electron chi connectivity index (χ0n) is 14.5. The summed E-state index contributed by atoms with van der Waals surface area (Å²) in [5.41, 5.74) is 0.727.